The van der Waals surface area contributed by atoms with Gasteiger partial charge in [0.15, 0.2) is 0 Å². The zero-order valence-corrected chi connectivity index (χ0v) is 6.84. The highest BCUT2D eigenvalue weighted by Gasteiger charge is 2.17. The fraction of sp³-hybridized carbons (Fsp3) is 1.00. The van der Waals surface area contributed by atoms with Crippen LogP contribution in [0.4, 0.5) is 0 Å². The van der Waals surface area contributed by atoms with E-state index in [2.05, 4.69) is 27.5 Å². The number of β-amino-alcohol motifs (C(OH)–C–C–N with tert-alkyl or cyclic N) is 1. The third-order valence-electron chi connectivity index (χ3n) is 1.42. The third-order valence-corrected chi connectivity index (χ3v) is 2.38. The summed E-state index contributed by atoms with van der Waals surface area (Å²) in [5.41, 5.74) is 0. The number of aliphatic hydroxyl groups is 1. The average Bonchev–Trinajstić information content (AvgIpc) is 2.14. The van der Waals surface area contributed by atoms with Gasteiger partial charge in [0.1, 0.15) is 0 Å². The standard InChI is InChI=1S/C5H10INO/c6-4-7-2-1-5(8)3-7/h5,8H,1-4H2/t5-/m1/s1. The quantitative estimate of drug-likeness (QED) is 0.399. The summed E-state index contributed by atoms with van der Waals surface area (Å²) in [4.78, 5) is 2.24. The van der Waals surface area contributed by atoms with Gasteiger partial charge in [-0.1, -0.05) is 22.6 Å². The summed E-state index contributed by atoms with van der Waals surface area (Å²) in [6.45, 7) is 1.95. The molecule has 1 aliphatic heterocycles. The first-order chi connectivity index (χ1) is 3.83. The van der Waals surface area contributed by atoms with Gasteiger partial charge >= 0.3 is 0 Å². The minimum absolute atomic E-state index is 0.0511. The Balaban J connectivity index is 2.22. The van der Waals surface area contributed by atoms with Crippen molar-refractivity contribution in [1.82, 2.24) is 4.90 Å². The molecule has 0 aromatic rings. The van der Waals surface area contributed by atoms with Gasteiger partial charge in [-0.05, 0) is 6.42 Å². The molecule has 1 N–H and O–H groups in total. The highest BCUT2D eigenvalue weighted by atomic mass is 127. The number of hydrogen-bond acceptors (Lipinski definition) is 2. The van der Waals surface area contributed by atoms with E-state index < -0.39 is 0 Å². The van der Waals surface area contributed by atoms with Gasteiger partial charge in [-0.15, -0.1) is 0 Å². The molecule has 0 radical (unpaired) electrons. The molecule has 0 unspecified atom stereocenters. The molecule has 0 spiro atoms. The summed E-state index contributed by atoms with van der Waals surface area (Å²) in [5, 5.41) is 8.99. The predicted molar refractivity (Wildman–Crippen MR) is 41.1 cm³/mol. The van der Waals surface area contributed by atoms with Crippen LogP contribution in [0.25, 0.3) is 0 Å². The molecule has 48 valence electrons. The lowest BCUT2D eigenvalue weighted by atomic mass is 10.3. The summed E-state index contributed by atoms with van der Waals surface area (Å²) in [6, 6.07) is 0. The van der Waals surface area contributed by atoms with Crippen molar-refractivity contribution in [2.45, 2.75) is 12.5 Å². The normalized spacial score (nSPS) is 31.5. The molecule has 1 saturated heterocycles. The molecule has 0 aromatic carbocycles. The molecule has 0 aromatic heterocycles. The maximum Gasteiger partial charge on any atom is 0.0679 e. The zero-order chi connectivity index (χ0) is 5.98. The molecule has 3 heteroatoms. The van der Waals surface area contributed by atoms with Crippen LogP contribution < -0.4 is 0 Å². The largest absolute Gasteiger partial charge is 0.392 e. The Labute approximate surface area is 63.0 Å². The van der Waals surface area contributed by atoms with E-state index in [1.807, 2.05) is 0 Å². The molecule has 0 amide bonds. The lowest BCUT2D eigenvalue weighted by molar-refractivity contribution is 0.182. The minimum atomic E-state index is -0.0511. The molecule has 1 aliphatic rings. The fourth-order valence-corrected chi connectivity index (χ4v) is 1.54. The molecule has 1 fully saturated rings. The molecule has 1 rings (SSSR count). The number of likely N-dealkylation sites (tertiary alicyclic amines) is 1. The summed E-state index contributed by atoms with van der Waals surface area (Å²) in [7, 11) is 0. The average molecular weight is 227 g/mol. The number of hydrogen-bond donors (Lipinski definition) is 1. The summed E-state index contributed by atoms with van der Waals surface area (Å²) in [5.74, 6) is 0. The van der Waals surface area contributed by atoms with Gasteiger partial charge in [0.2, 0.25) is 0 Å². The van der Waals surface area contributed by atoms with Crippen LogP contribution in [0.5, 0.6) is 0 Å². The number of halogens is 1. The Hall–Kier alpha value is 0.650. The summed E-state index contributed by atoms with van der Waals surface area (Å²) >= 11 is 2.31. The van der Waals surface area contributed by atoms with Gasteiger partial charge in [0.05, 0.1) is 10.7 Å². The van der Waals surface area contributed by atoms with Crippen molar-refractivity contribution < 1.29 is 5.11 Å². The van der Waals surface area contributed by atoms with Gasteiger partial charge in [-0.2, -0.15) is 0 Å². The molecular formula is C5H10INO. The maximum absolute atomic E-state index is 8.99. The van der Waals surface area contributed by atoms with Crippen molar-refractivity contribution in [2.24, 2.45) is 0 Å². The van der Waals surface area contributed by atoms with Crippen LogP contribution in [-0.4, -0.2) is 33.8 Å². The lowest BCUT2D eigenvalue weighted by Gasteiger charge is -2.08. The van der Waals surface area contributed by atoms with Crippen molar-refractivity contribution in [2.75, 3.05) is 17.6 Å². The first kappa shape index (κ1) is 6.77. The SMILES string of the molecule is O[C@@H]1CCN(CI)C1. The van der Waals surface area contributed by atoms with E-state index in [-0.39, 0.29) is 6.10 Å². The van der Waals surface area contributed by atoms with Crippen LogP contribution in [0.2, 0.25) is 0 Å². The molecule has 0 bridgehead atoms. The zero-order valence-electron chi connectivity index (χ0n) is 4.68. The van der Waals surface area contributed by atoms with E-state index >= 15 is 0 Å². The number of aliphatic hydroxyl groups excluding tert-OH is 1. The second-order valence-electron chi connectivity index (χ2n) is 2.14. The monoisotopic (exact) mass is 227 g/mol. The highest BCUT2D eigenvalue weighted by Crippen LogP contribution is 2.08. The van der Waals surface area contributed by atoms with Crippen LogP contribution in [0, 0.1) is 0 Å². The van der Waals surface area contributed by atoms with Gasteiger partial charge < -0.3 is 5.11 Å². The molecule has 8 heavy (non-hydrogen) atoms. The van der Waals surface area contributed by atoms with Gasteiger partial charge in [-0.25, -0.2) is 0 Å². The lowest BCUT2D eigenvalue weighted by Crippen LogP contribution is -2.19. The Bertz CT molecular complexity index is 78.8. The van der Waals surface area contributed by atoms with Crippen molar-refractivity contribution in [3.63, 3.8) is 0 Å². The van der Waals surface area contributed by atoms with Crippen molar-refractivity contribution in [1.29, 1.82) is 0 Å². The van der Waals surface area contributed by atoms with Crippen LogP contribution >= 0.6 is 22.6 Å². The number of rotatable bonds is 1. The Morgan fingerprint density at radius 1 is 1.75 bits per heavy atom. The van der Waals surface area contributed by atoms with Crippen LogP contribution in [-0.2, 0) is 0 Å². The second-order valence-corrected chi connectivity index (χ2v) is 2.82. The van der Waals surface area contributed by atoms with E-state index in [1.165, 1.54) is 0 Å². The van der Waals surface area contributed by atoms with E-state index in [0.717, 1.165) is 24.1 Å². The van der Waals surface area contributed by atoms with Crippen molar-refractivity contribution in [3.05, 3.63) is 0 Å². The topological polar surface area (TPSA) is 23.5 Å². The second kappa shape index (κ2) is 2.98. The van der Waals surface area contributed by atoms with Gasteiger partial charge in [0.25, 0.3) is 0 Å². The van der Waals surface area contributed by atoms with Crippen molar-refractivity contribution in [3.8, 4) is 0 Å². The van der Waals surface area contributed by atoms with Crippen molar-refractivity contribution >= 4 is 22.6 Å². The van der Waals surface area contributed by atoms with Crippen LogP contribution in [0.15, 0.2) is 0 Å². The summed E-state index contributed by atoms with van der Waals surface area (Å²) < 4.78 is 1.05. The fourth-order valence-electron chi connectivity index (χ4n) is 0.921. The highest BCUT2D eigenvalue weighted by molar-refractivity contribution is 14.1. The first-order valence-electron chi connectivity index (χ1n) is 2.79. The smallest absolute Gasteiger partial charge is 0.0679 e. The van der Waals surface area contributed by atoms with E-state index in [4.69, 9.17) is 5.11 Å². The number of alkyl halides is 1. The molecule has 2 nitrogen and oxygen atoms in total. The molecular weight excluding hydrogens is 217 g/mol. The molecule has 0 saturated carbocycles. The Kier molecular flexibility index (Phi) is 2.52. The van der Waals surface area contributed by atoms with Crippen LogP contribution in [0.3, 0.4) is 0 Å². The van der Waals surface area contributed by atoms with Crippen LogP contribution in [0.1, 0.15) is 6.42 Å². The van der Waals surface area contributed by atoms with Gasteiger partial charge in [0, 0.05) is 13.1 Å². The number of nitrogens with zero attached hydrogens (tertiary/aromatic N) is 1. The van der Waals surface area contributed by atoms with E-state index in [9.17, 15) is 0 Å². The van der Waals surface area contributed by atoms with Gasteiger partial charge in [-0.3, -0.25) is 4.90 Å². The Morgan fingerprint density at radius 3 is 2.75 bits per heavy atom. The Morgan fingerprint density at radius 2 is 2.50 bits per heavy atom. The maximum atomic E-state index is 8.99. The first-order valence-corrected chi connectivity index (χ1v) is 4.32. The summed E-state index contributed by atoms with van der Waals surface area (Å²) in [6.07, 6.45) is 0.910. The predicted octanol–water partition coefficient (Wildman–Crippen LogP) is 0.446. The molecule has 1 heterocycles. The van der Waals surface area contributed by atoms with E-state index in [0.29, 0.717) is 0 Å². The molecule has 1 atom stereocenters. The third kappa shape index (κ3) is 1.56. The molecule has 0 aliphatic carbocycles. The minimum Gasteiger partial charge on any atom is -0.392 e. The van der Waals surface area contributed by atoms with E-state index in [1.54, 1.807) is 0 Å².